The van der Waals surface area contributed by atoms with Crippen molar-refractivity contribution in [3.8, 4) is 0 Å². The third-order valence-corrected chi connectivity index (χ3v) is 8.36. The van der Waals surface area contributed by atoms with Crippen LogP contribution in [0.5, 0.6) is 0 Å². The molecule has 1 fully saturated rings. The Hall–Kier alpha value is -0.563. The first-order valence-corrected chi connectivity index (χ1v) is 11.4. The van der Waals surface area contributed by atoms with E-state index in [1.54, 1.807) is 11.1 Å². The molecule has 0 saturated heterocycles. The molecular weight excluding hydrogens is 244 g/mol. The highest BCUT2D eigenvalue weighted by atomic mass is 28.3. The molecule has 0 aromatic carbocycles. The van der Waals surface area contributed by atoms with Crippen LogP contribution < -0.4 is 0 Å². The third-order valence-electron chi connectivity index (χ3n) is 5.81. The Labute approximate surface area is 119 Å². The van der Waals surface area contributed by atoms with Gasteiger partial charge in [0.1, 0.15) is 0 Å². The van der Waals surface area contributed by atoms with Gasteiger partial charge in [-0.25, -0.2) is 0 Å². The lowest BCUT2D eigenvalue weighted by Gasteiger charge is -2.42. The van der Waals surface area contributed by atoms with Gasteiger partial charge in [-0.15, -0.1) is 0 Å². The van der Waals surface area contributed by atoms with Crippen LogP contribution in [0.25, 0.3) is 0 Å². The first kappa shape index (κ1) is 13.4. The van der Waals surface area contributed by atoms with Gasteiger partial charge in [0.25, 0.3) is 0 Å². The van der Waals surface area contributed by atoms with Crippen molar-refractivity contribution >= 4 is 8.07 Å². The van der Waals surface area contributed by atoms with E-state index >= 15 is 0 Å². The van der Waals surface area contributed by atoms with Crippen LogP contribution in [0.2, 0.25) is 25.2 Å². The second-order valence-corrected chi connectivity index (χ2v) is 14.0. The number of hydrogen-bond acceptors (Lipinski definition) is 0. The zero-order valence-electron chi connectivity index (χ0n) is 13.3. The molecule has 104 valence electrons. The highest BCUT2D eigenvalue weighted by molar-refractivity contribution is 6.78. The van der Waals surface area contributed by atoms with E-state index in [0.29, 0.717) is 5.41 Å². The Morgan fingerprint density at radius 2 is 1.89 bits per heavy atom. The molecule has 3 aliphatic rings. The highest BCUT2D eigenvalue weighted by Gasteiger charge is 2.53. The van der Waals surface area contributed by atoms with Gasteiger partial charge in [-0.1, -0.05) is 68.9 Å². The van der Waals surface area contributed by atoms with Crippen LogP contribution in [0, 0.1) is 23.2 Å². The molecule has 0 amide bonds. The highest BCUT2D eigenvalue weighted by Crippen LogP contribution is 2.62. The standard InChI is InChI=1S/C18H28Si/c1-12-11-18(2,3)15-10-14(12)13-8-7-9-16(17(13)15)19(4,5)6/h7-9,11,14-17H,10H2,1-6H3/t14-,15-,16-,17-/m0/s1. The summed E-state index contributed by atoms with van der Waals surface area (Å²) < 4.78 is 0. The minimum Gasteiger partial charge on any atom is -0.0835 e. The fourth-order valence-corrected chi connectivity index (χ4v) is 7.12. The first-order valence-electron chi connectivity index (χ1n) is 7.79. The van der Waals surface area contributed by atoms with Crippen molar-refractivity contribution < 1.29 is 0 Å². The van der Waals surface area contributed by atoms with E-state index in [1.165, 1.54) is 6.42 Å². The molecule has 0 spiro atoms. The molecule has 2 bridgehead atoms. The number of allylic oxidation sites excluding steroid dienone is 6. The summed E-state index contributed by atoms with van der Waals surface area (Å²) in [5.41, 5.74) is 4.60. The summed E-state index contributed by atoms with van der Waals surface area (Å²) in [4.78, 5) is 0. The first-order chi connectivity index (χ1) is 8.72. The molecule has 0 heterocycles. The maximum absolute atomic E-state index is 2.58. The summed E-state index contributed by atoms with van der Waals surface area (Å²) >= 11 is 0. The maximum atomic E-state index is 2.58. The lowest BCUT2D eigenvalue weighted by atomic mass is 9.69. The minimum atomic E-state index is -1.14. The molecule has 0 nitrogen and oxygen atoms in total. The summed E-state index contributed by atoms with van der Waals surface area (Å²) in [5, 5.41) is 0. The molecule has 0 aliphatic heterocycles. The van der Waals surface area contributed by atoms with Gasteiger partial charge in [0, 0.05) is 5.92 Å². The van der Waals surface area contributed by atoms with Crippen molar-refractivity contribution in [2.75, 3.05) is 0 Å². The average molecular weight is 273 g/mol. The maximum Gasteiger partial charge on any atom is 0.0521 e. The number of rotatable bonds is 1. The quantitative estimate of drug-likeness (QED) is 0.441. The summed E-state index contributed by atoms with van der Waals surface area (Å²) in [5.74, 6) is 2.44. The van der Waals surface area contributed by atoms with Crippen molar-refractivity contribution in [2.24, 2.45) is 23.2 Å². The van der Waals surface area contributed by atoms with E-state index in [2.05, 4.69) is 64.7 Å². The Balaban J connectivity index is 2.08. The Bertz CT molecular complexity index is 484. The predicted molar refractivity (Wildman–Crippen MR) is 86.9 cm³/mol. The lowest BCUT2D eigenvalue weighted by Crippen LogP contribution is -2.38. The normalized spacial score (nSPS) is 39.7. The molecule has 3 aliphatic carbocycles. The van der Waals surface area contributed by atoms with Crippen LogP contribution in [0.4, 0.5) is 0 Å². The molecule has 0 aromatic rings. The van der Waals surface area contributed by atoms with Gasteiger partial charge in [-0.3, -0.25) is 0 Å². The van der Waals surface area contributed by atoms with Crippen molar-refractivity contribution in [1.29, 1.82) is 0 Å². The number of hydrogen-bond donors (Lipinski definition) is 0. The molecule has 4 atom stereocenters. The molecule has 0 aromatic heterocycles. The van der Waals surface area contributed by atoms with Crippen LogP contribution in [-0.4, -0.2) is 8.07 Å². The smallest absolute Gasteiger partial charge is 0.0521 e. The predicted octanol–water partition coefficient (Wildman–Crippen LogP) is 5.43. The molecule has 1 saturated carbocycles. The second kappa shape index (κ2) is 3.97. The molecule has 0 N–H and O–H groups in total. The fourth-order valence-electron chi connectivity index (χ4n) is 4.93. The van der Waals surface area contributed by atoms with E-state index in [4.69, 9.17) is 0 Å². The van der Waals surface area contributed by atoms with Crippen LogP contribution in [0.1, 0.15) is 27.2 Å². The second-order valence-electron chi connectivity index (χ2n) is 8.57. The zero-order chi connectivity index (χ0) is 14.0. The minimum absolute atomic E-state index is 0.379. The zero-order valence-corrected chi connectivity index (χ0v) is 14.3. The van der Waals surface area contributed by atoms with Gasteiger partial charge in [-0.05, 0) is 36.1 Å². The Kier molecular flexibility index (Phi) is 2.81. The van der Waals surface area contributed by atoms with Crippen molar-refractivity contribution in [1.82, 2.24) is 0 Å². The van der Waals surface area contributed by atoms with Gasteiger partial charge in [0.2, 0.25) is 0 Å². The topological polar surface area (TPSA) is 0 Å². The molecule has 0 radical (unpaired) electrons. The van der Waals surface area contributed by atoms with E-state index in [9.17, 15) is 0 Å². The molecule has 1 heteroatoms. The van der Waals surface area contributed by atoms with Crippen LogP contribution in [-0.2, 0) is 0 Å². The van der Waals surface area contributed by atoms with Gasteiger partial charge in [0.05, 0.1) is 8.07 Å². The van der Waals surface area contributed by atoms with E-state index in [0.717, 1.165) is 23.3 Å². The SMILES string of the molecule is CC1=CC(C)(C)[C@H]2C[C@@H]1C1=CC=C[C@H]([Si](C)(C)C)[C@@H]12. The van der Waals surface area contributed by atoms with Gasteiger partial charge in [0.15, 0.2) is 0 Å². The Morgan fingerprint density at radius 1 is 1.21 bits per heavy atom. The van der Waals surface area contributed by atoms with E-state index in [1.807, 2.05) is 0 Å². The summed E-state index contributed by atoms with van der Waals surface area (Å²) in [7, 11) is -1.14. The molecule has 0 unspecified atom stereocenters. The Morgan fingerprint density at radius 3 is 2.53 bits per heavy atom. The molecule has 19 heavy (non-hydrogen) atoms. The summed E-state index contributed by atoms with van der Waals surface area (Å²) in [6, 6.07) is 0. The monoisotopic (exact) mass is 272 g/mol. The van der Waals surface area contributed by atoms with Crippen molar-refractivity contribution in [2.45, 2.75) is 52.4 Å². The average Bonchev–Trinajstić information content (AvgIpc) is 2.62. The van der Waals surface area contributed by atoms with Crippen molar-refractivity contribution in [3.05, 3.63) is 35.5 Å². The van der Waals surface area contributed by atoms with Crippen LogP contribution >= 0.6 is 0 Å². The van der Waals surface area contributed by atoms with Gasteiger partial charge in [-0.2, -0.15) is 0 Å². The third kappa shape index (κ3) is 1.93. The summed E-state index contributed by atoms with van der Waals surface area (Å²) in [6.07, 6.45) is 11.3. The summed E-state index contributed by atoms with van der Waals surface area (Å²) in [6.45, 7) is 14.9. The largest absolute Gasteiger partial charge is 0.0835 e. The van der Waals surface area contributed by atoms with Crippen LogP contribution in [0.3, 0.4) is 0 Å². The van der Waals surface area contributed by atoms with Crippen molar-refractivity contribution in [3.63, 3.8) is 0 Å². The van der Waals surface area contributed by atoms with Crippen LogP contribution in [0.15, 0.2) is 35.5 Å². The molecular formula is C18H28Si. The van der Waals surface area contributed by atoms with E-state index in [-0.39, 0.29) is 0 Å². The number of fused-ring (bicyclic) bond motifs is 5. The van der Waals surface area contributed by atoms with Gasteiger partial charge >= 0.3 is 0 Å². The molecule has 3 rings (SSSR count). The van der Waals surface area contributed by atoms with E-state index < -0.39 is 8.07 Å². The fraction of sp³-hybridized carbons (Fsp3) is 0.667. The lowest BCUT2D eigenvalue weighted by molar-refractivity contribution is 0.216. The van der Waals surface area contributed by atoms with Gasteiger partial charge < -0.3 is 0 Å².